The van der Waals surface area contributed by atoms with Gasteiger partial charge in [0.25, 0.3) is 0 Å². The Kier molecular flexibility index (Phi) is 3.57. The number of H-pyrrole nitrogens is 1. The molecule has 0 aromatic carbocycles. The number of likely N-dealkylation sites (N-methyl/N-ethyl adjacent to an activating group) is 1. The van der Waals surface area contributed by atoms with E-state index in [4.69, 9.17) is 0 Å². The Morgan fingerprint density at radius 1 is 1.42 bits per heavy atom. The van der Waals surface area contributed by atoms with Gasteiger partial charge in [-0.1, -0.05) is 0 Å². The van der Waals surface area contributed by atoms with Gasteiger partial charge < -0.3 is 20.3 Å². The standard InChI is InChI=1S/C12H20N6O/c1-5-18(6-12(2,3)19)10-8-9(15-7-14-8)16-11(13-4)17-10/h7,19H,5-6H2,1-4H3,(H2,13,14,15,16,17). The molecule has 0 radical (unpaired) electrons. The topological polar surface area (TPSA) is 90.0 Å². The molecule has 0 unspecified atom stereocenters. The van der Waals surface area contributed by atoms with Crippen LogP contribution in [0.2, 0.25) is 0 Å². The molecule has 0 atom stereocenters. The van der Waals surface area contributed by atoms with Crippen molar-refractivity contribution in [2.24, 2.45) is 0 Å². The van der Waals surface area contributed by atoms with Crippen molar-refractivity contribution in [2.45, 2.75) is 26.4 Å². The van der Waals surface area contributed by atoms with Crippen LogP contribution in [0.4, 0.5) is 11.8 Å². The molecule has 2 aromatic rings. The van der Waals surface area contributed by atoms with Crippen molar-refractivity contribution in [3.63, 3.8) is 0 Å². The highest BCUT2D eigenvalue weighted by Crippen LogP contribution is 2.23. The molecule has 19 heavy (non-hydrogen) atoms. The summed E-state index contributed by atoms with van der Waals surface area (Å²) in [6.07, 6.45) is 1.60. The van der Waals surface area contributed by atoms with Gasteiger partial charge >= 0.3 is 0 Å². The Morgan fingerprint density at radius 3 is 2.74 bits per heavy atom. The van der Waals surface area contributed by atoms with Crippen LogP contribution in [-0.4, -0.2) is 50.8 Å². The molecule has 0 spiro atoms. The monoisotopic (exact) mass is 264 g/mol. The largest absolute Gasteiger partial charge is 0.389 e. The van der Waals surface area contributed by atoms with Crippen LogP contribution in [-0.2, 0) is 0 Å². The number of anilines is 2. The lowest BCUT2D eigenvalue weighted by Crippen LogP contribution is -2.39. The van der Waals surface area contributed by atoms with Crippen LogP contribution in [0.5, 0.6) is 0 Å². The summed E-state index contributed by atoms with van der Waals surface area (Å²) < 4.78 is 0. The van der Waals surface area contributed by atoms with Crippen LogP contribution >= 0.6 is 0 Å². The minimum absolute atomic E-state index is 0.484. The van der Waals surface area contributed by atoms with Crippen LogP contribution in [0.1, 0.15) is 20.8 Å². The Bertz CT molecular complexity index is 559. The Hall–Kier alpha value is -1.89. The Balaban J connectivity index is 2.48. The molecule has 0 fully saturated rings. The number of rotatable bonds is 5. The van der Waals surface area contributed by atoms with Crippen LogP contribution in [0, 0.1) is 0 Å². The number of nitrogens with one attached hydrogen (secondary N) is 2. The Morgan fingerprint density at radius 2 is 2.16 bits per heavy atom. The third-order valence-electron chi connectivity index (χ3n) is 2.75. The van der Waals surface area contributed by atoms with Gasteiger partial charge in [-0.25, -0.2) is 4.98 Å². The summed E-state index contributed by atoms with van der Waals surface area (Å²) in [5, 5.41) is 12.9. The Labute approximate surface area is 112 Å². The van der Waals surface area contributed by atoms with E-state index >= 15 is 0 Å². The lowest BCUT2D eigenvalue weighted by atomic mass is 10.1. The number of imidazole rings is 1. The molecule has 0 aliphatic rings. The first-order valence-corrected chi connectivity index (χ1v) is 6.31. The predicted octanol–water partition coefficient (Wildman–Crippen LogP) is 0.992. The molecule has 2 rings (SSSR count). The van der Waals surface area contributed by atoms with E-state index in [9.17, 15) is 5.11 Å². The lowest BCUT2D eigenvalue weighted by molar-refractivity contribution is 0.0875. The van der Waals surface area contributed by atoms with E-state index in [0.29, 0.717) is 18.1 Å². The normalized spacial score (nSPS) is 11.8. The van der Waals surface area contributed by atoms with Gasteiger partial charge in [-0.3, -0.25) is 0 Å². The first-order valence-electron chi connectivity index (χ1n) is 6.31. The zero-order chi connectivity index (χ0) is 14.0. The number of aromatic amines is 1. The smallest absolute Gasteiger partial charge is 0.226 e. The van der Waals surface area contributed by atoms with Gasteiger partial charge in [0.2, 0.25) is 5.95 Å². The van der Waals surface area contributed by atoms with Gasteiger partial charge in [-0.15, -0.1) is 0 Å². The number of aromatic nitrogens is 4. The van der Waals surface area contributed by atoms with E-state index < -0.39 is 5.60 Å². The molecule has 0 amide bonds. The summed E-state index contributed by atoms with van der Waals surface area (Å²) in [6, 6.07) is 0. The maximum Gasteiger partial charge on any atom is 0.226 e. The van der Waals surface area contributed by atoms with Crippen LogP contribution in [0.3, 0.4) is 0 Å². The van der Waals surface area contributed by atoms with Crippen LogP contribution in [0.15, 0.2) is 6.33 Å². The average Bonchev–Trinajstić information content (AvgIpc) is 2.81. The number of aliphatic hydroxyl groups is 1. The summed E-state index contributed by atoms with van der Waals surface area (Å²) in [7, 11) is 1.77. The molecule has 0 saturated heterocycles. The molecule has 0 saturated carbocycles. The van der Waals surface area contributed by atoms with Crippen molar-refractivity contribution >= 4 is 22.9 Å². The first-order chi connectivity index (χ1) is 8.94. The lowest BCUT2D eigenvalue weighted by Gasteiger charge is -2.29. The molecule has 7 nitrogen and oxygen atoms in total. The van der Waals surface area contributed by atoms with Crippen molar-refractivity contribution in [3.8, 4) is 0 Å². The highest BCUT2D eigenvalue weighted by molar-refractivity contribution is 5.84. The van der Waals surface area contributed by atoms with E-state index in [0.717, 1.165) is 17.9 Å². The van der Waals surface area contributed by atoms with E-state index in [1.807, 2.05) is 11.8 Å². The number of hydrogen-bond donors (Lipinski definition) is 3. The molecule has 104 valence electrons. The zero-order valence-corrected chi connectivity index (χ0v) is 11.7. The maximum absolute atomic E-state index is 10.0. The van der Waals surface area contributed by atoms with E-state index in [-0.39, 0.29) is 0 Å². The molecular weight excluding hydrogens is 244 g/mol. The minimum Gasteiger partial charge on any atom is -0.389 e. The van der Waals surface area contributed by atoms with Crippen LogP contribution < -0.4 is 10.2 Å². The third kappa shape index (κ3) is 2.93. The van der Waals surface area contributed by atoms with E-state index in [1.165, 1.54) is 0 Å². The molecule has 2 heterocycles. The second-order valence-electron chi connectivity index (χ2n) is 5.05. The van der Waals surface area contributed by atoms with Gasteiger partial charge in [-0.05, 0) is 20.8 Å². The fraction of sp³-hybridized carbons (Fsp3) is 0.583. The second-order valence-corrected chi connectivity index (χ2v) is 5.05. The van der Waals surface area contributed by atoms with Crippen LogP contribution in [0.25, 0.3) is 11.2 Å². The average molecular weight is 264 g/mol. The van der Waals surface area contributed by atoms with Gasteiger partial charge in [0.15, 0.2) is 11.5 Å². The van der Waals surface area contributed by atoms with Crippen molar-refractivity contribution in [1.82, 2.24) is 19.9 Å². The highest BCUT2D eigenvalue weighted by atomic mass is 16.3. The summed E-state index contributed by atoms with van der Waals surface area (Å²) in [4.78, 5) is 18.0. The quantitative estimate of drug-likeness (QED) is 0.746. The molecular formula is C12H20N6O. The fourth-order valence-electron chi connectivity index (χ4n) is 1.96. The number of hydrogen-bond acceptors (Lipinski definition) is 6. The molecule has 2 aromatic heterocycles. The number of nitrogens with zero attached hydrogens (tertiary/aromatic N) is 4. The first kappa shape index (κ1) is 13.5. The molecule has 0 bridgehead atoms. The van der Waals surface area contributed by atoms with Crippen molar-refractivity contribution in [2.75, 3.05) is 30.4 Å². The summed E-state index contributed by atoms with van der Waals surface area (Å²) in [6.45, 7) is 6.80. The summed E-state index contributed by atoms with van der Waals surface area (Å²) in [5.41, 5.74) is 0.598. The van der Waals surface area contributed by atoms with Crippen molar-refractivity contribution in [1.29, 1.82) is 0 Å². The predicted molar refractivity (Wildman–Crippen MR) is 75.4 cm³/mol. The molecule has 0 aliphatic heterocycles. The van der Waals surface area contributed by atoms with E-state index in [2.05, 4.69) is 25.3 Å². The SMILES string of the molecule is CCN(CC(C)(C)O)c1nc(NC)nc2nc[nH]c12. The third-order valence-corrected chi connectivity index (χ3v) is 2.75. The molecule has 3 N–H and O–H groups in total. The molecule has 7 heteroatoms. The van der Waals surface area contributed by atoms with Gasteiger partial charge in [0.1, 0.15) is 5.52 Å². The molecule has 0 aliphatic carbocycles. The van der Waals surface area contributed by atoms with Crippen molar-refractivity contribution < 1.29 is 5.11 Å². The van der Waals surface area contributed by atoms with E-state index in [1.54, 1.807) is 27.2 Å². The maximum atomic E-state index is 10.0. The summed E-state index contributed by atoms with van der Waals surface area (Å²) >= 11 is 0. The number of fused-ring (bicyclic) bond motifs is 1. The highest BCUT2D eigenvalue weighted by Gasteiger charge is 2.21. The van der Waals surface area contributed by atoms with Gasteiger partial charge in [0.05, 0.1) is 11.9 Å². The van der Waals surface area contributed by atoms with Gasteiger partial charge in [-0.2, -0.15) is 9.97 Å². The van der Waals surface area contributed by atoms with Crippen molar-refractivity contribution in [3.05, 3.63) is 6.33 Å². The second kappa shape index (κ2) is 5.00. The minimum atomic E-state index is -0.799. The summed E-state index contributed by atoms with van der Waals surface area (Å²) in [5.74, 6) is 1.26. The van der Waals surface area contributed by atoms with Gasteiger partial charge in [0, 0.05) is 20.1 Å². The zero-order valence-electron chi connectivity index (χ0n) is 11.7. The fourth-order valence-corrected chi connectivity index (χ4v) is 1.96.